The van der Waals surface area contributed by atoms with Gasteiger partial charge in [0.25, 0.3) is 11.7 Å². The summed E-state index contributed by atoms with van der Waals surface area (Å²) in [7, 11) is 0. The molecule has 192 valence electrons. The van der Waals surface area contributed by atoms with E-state index in [-0.39, 0.29) is 17.9 Å². The van der Waals surface area contributed by atoms with Crippen LogP contribution in [0.2, 0.25) is 5.02 Å². The van der Waals surface area contributed by atoms with E-state index in [9.17, 15) is 14.7 Å². The minimum absolute atomic E-state index is 0.00941. The van der Waals surface area contributed by atoms with Crippen molar-refractivity contribution in [1.29, 1.82) is 0 Å². The fourth-order valence-electron chi connectivity index (χ4n) is 4.18. The SMILES string of the molecule is CCOc1cc(/C(O)=C2/C(=O)C(=O)N(Cc3ccncc3)C2c2cccc(OCC(C)C)c2)ccc1Cl. The number of amides is 1. The van der Waals surface area contributed by atoms with E-state index in [2.05, 4.69) is 18.8 Å². The van der Waals surface area contributed by atoms with Gasteiger partial charge < -0.3 is 19.5 Å². The van der Waals surface area contributed by atoms with E-state index in [0.717, 1.165) is 5.56 Å². The van der Waals surface area contributed by atoms with Crippen LogP contribution in [-0.2, 0) is 16.1 Å². The van der Waals surface area contributed by atoms with Crippen LogP contribution in [0, 0.1) is 5.92 Å². The molecule has 1 saturated heterocycles. The zero-order valence-corrected chi connectivity index (χ0v) is 21.7. The van der Waals surface area contributed by atoms with Crippen molar-refractivity contribution in [3.05, 3.63) is 94.3 Å². The fraction of sp³-hybridized carbons (Fsp3) is 0.276. The van der Waals surface area contributed by atoms with Crippen LogP contribution in [-0.4, -0.2) is 39.9 Å². The Bertz CT molecular complexity index is 1320. The van der Waals surface area contributed by atoms with E-state index in [4.69, 9.17) is 21.1 Å². The molecule has 8 heteroatoms. The molecule has 2 heterocycles. The molecule has 7 nitrogen and oxygen atoms in total. The lowest BCUT2D eigenvalue weighted by molar-refractivity contribution is -0.140. The number of hydrogen-bond acceptors (Lipinski definition) is 6. The molecule has 1 atom stereocenters. The molecule has 1 aliphatic heterocycles. The lowest BCUT2D eigenvalue weighted by Gasteiger charge is -2.26. The Morgan fingerprint density at radius 2 is 1.84 bits per heavy atom. The monoisotopic (exact) mass is 520 g/mol. The van der Waals surface area contributed by atoms with Crippen molar-refractivity contribution in [2.75, 3.05) is 13.2 Å². The third-order valence-corrected chi connectivity index (χ3v) is 6.22. The van der Waals surface area contributed by atoms with Crippen LogP contribution in [0.25, 0.3) is 5.76 Å². The molecule has 1 unspecified atom stereocenters. The first-order valence-corrected chi connectivity index (χ1v) is 12.5. The standard InChI is InChI=1S/C29H29ClN2O5/c1-4-36-24-15-21(8-9-23(24)30)27(33)25-26(20-6-5-7-22(14-20)37-17-18(2)3)32(29(35)28(25)34)16-19-10-12-31-13-11-19/h5-15,18,26,33H,4,16-17H2,1-3H3/b27-25-. The van der Waals surface area contributed by atoms with Crippen LogP contribution >= 0.6 is 11.6 Å². The number of hydrogen-bond donors (Lipinski definition) is 1. The average molecular weight is 521 g/mol. The average Bonchev–Trinajstić information content (AvgIpc) is 3.14. The summed E-state index contributed by atoms with van der Waals surface area (Å²) in [5.74, 6) is -0.448. The molecule has 37 heavy (non-hydrogen) atoms. The van der Waals surface area contributed by atoms with E-state index in [1.165, 1.54) is 4.90 Å². The predicted octanol–water partition coefficient (Wildman–Crippen LogP) is 5.79. The number of halogens is 1. The van der Waals surface area contributed by atoms with Crippen LogP contribution in [0.3, 0.4) is 0 Å². The van der Waals surface area contributed by atoms with Crippen LogP contribution in [0.4, 0.5) is 0 Å². The highest BCUT2D eigenvalue weighted by molar-refractivity contribution is 6.46. The Morgan fingerprint density at radius 3 is 2.54 bits per heavy atom. The molecule has 2 aromatic carbocycles. The summed E-state index contributed by atoms with van der Waals surface area (Å²) in [6.45, 7) is 6.99. The normalized spacial score (nSPS) is 16.9. The molecule has 3 aromatic rings. The summed E-state index contributed by atoms with van der Waals surface area (Å²) in [4.78, 5) is 32.2. The van der Waals surface area contributed by atoms with Gasteiger partial charge in [-0.2, -0.15) is 0 Å². The number of carbonyl (C=O) groups excluding carboxylic acids is 2. The molecular formula is C29H29ClN2O5. The predicted molar refractivity (Wildman–Crippen MR) is 141 cm³/mol. The second-order valence-corrected chi connectivity index (χ2v) is 9.55. The van der Waals surface area contributed by atoms with Crippen molar-refractivity contribution in [2.24, 2.45) is 5.92 Å². The maximum absolute atomic E-state index is 13.4. The van der Waals surface area contributed by atoms with Gasteiger partial charge in [-0.15, -0.1) is 0 Å². The first kappa shape index (κ1) is 26.2. The zero-order valence-electron chi connectivity index (χ0n) is 21.0. The van der Waals surface area contributed by atoms with Crippen LogP contribution < -0.4 is 9.47 Å². The molecule has 0 aliphatic carbocycles. The Labute approximate surface area is 221 Å². The number of ketones is 1. The highest BCUT2D eigenvalue weighted by atomic mass is 35.5. The van der Waals surface area contributed by atoms with Crippen molar-refractivity contribution in [2.45, 2.75) is 33.4 Å². The number of aliphatic hydroxyl groups excluding tert-OH is 1. The molecule has 0 spiro atoms. The maximum atomic E-state index is 13.4. The minimum atomic E-state index is -0.831. The van der Waals surface area contributed by atoms with E-state index in [1.54, 1.807) is 48.8 Å². The van der Waals surface area contributed by atoms with Crippen LogP contribution in [0.15, 0.2) is 72.6 Å². The maximum Gasteiger partial charge on any atom is 0.295 e. The highest BCUT2D eigenvalue weighted by Gasteiger charge is 2.46. The topological polar surface area (TPSA) is 89.0 Å². The summed E-state index contributed by atoms with van der Waals surface area (Å²) < 4.78 is 11.5. The molecular weight excluding hydrogens is 492 g/mol. The summed E-state index contributed by atoms with van der Waals surface area (Å²) in [5.41, 5.74) is 1.77. The zero-order chi connectivity index (χ0) is 26.5. The van der Waals surface area contributed by atoms with Crippen molar-refractivity contribution >= 4 is 29.1 Å². The lowest BCUT2D eigenvalue weighted by Crippen LogP contribution is -2.29. The fourth-order valence-corrected chi connectivity index (χ4v) is 4.36. The van der Waals surface area contributed by atoms with Gasteiger partial charge in [-0.1, -0.05) is 37.6 Å². The Balaban J connectivity index is 1.84. The van der Waals surface area contributed by atoms with Gasteiger partial charge in [-0.25, -0.2) is 0 Å². The number of Topliss-reactive ketones (excluding diaryl/α,β-unsaturated/α-hetero) is 1. The first-order chi connectivity index (χ1) is 17.8. The number of rotatable bonds is 9. The van der Waals surface area contributed by atoms with Crippen LogP contribution in [0.5, 0.6) is 11.5 Å². The smallest absolute Gasteiger partial charge is 0.295 e. The van der Waals surface area contributed by atoms with Gasteiger partial charge in [0.2, 0.25) is 0 Å². The molecule has 1 aromatic heterocycles. The lowest BCUT2D eigenvalue weighted by atomic mass is 9.95. The minimum Gasteiger partial charge on any atom is -0.507 e. The molecule has 0 bridgehead atoms. The Hall–Kier alpha value is -3.84. The number of carbonyl (C=O) groups is 2. The van der Waals surface area contributed by atoms with Gasteiger partial charge in [-0.05, 0) is 66.4 Å². The number of benzene rings is 2. The van der Waals surface area contributed by atoms with E-state index in [0.29, 0.717) is 46.8 Å². The molecule has 0 saturated carbocycles. The summed E-state index contributed by atoms with van der Waals surface area (Å²) >= 11 is 6.23. The van der Waals surface area contributed by atoms with Crippen molar-refractivity contribution in [1.82, 2.24) is 9.88 Å². The quantitative estimate of drug-likeness (QED) is 0.218. The van der Waals surface area contributed by atoms with Crippen molar-refractivity contribution in [3.63, 3.8) is 0 Å². The molecule has 4 rings (SSSR count). The van der Waals surface area contributed by atoms with Gasteiger partial charge in [0.15, 0.2) is 0 Å². The van der Waals surface area contributed by atoms with Gasteiger partial charge >= 0.3 is 0 Å². The number of nitrogens with zero attached hydrogens (tertiary/aromatic N) is 2. The van der Waals surface area contributed by atoms with Gasteiger partial charge in [0, 0.05) is 24.5 Å². The summed E-state index contributed by atoms with van der Waals surface area (Å²) in [5, 5.41) is 11.8. The van der Waals surface area contributed by atoms with Crippen LogP contribution in [0.1, 0.15) is 43.5 Å². The molecule has 0 radical (unpaired) electrons. The summed E-state index contributed by atoms with van der Waals surface area (Å²) in [6.07, 6.45) is 3.26. The van der Waals surface area contributed by atoms with Gasteiger partial charge in [0.1, 0.15) is 17.3 Å². The molecule has 1 fully saturated rings. The third kappa shape index (κ3) is 5.78. The Kier molecular flexibility index (Phi) is 8.14. The van der Waals surface area contributed by atoms with Crippen molar-refractivity contribution in [3.8, 4) is 11.5 Å². The molecule has 1 aliphatic rings. The number of likely N-dealkylation sites (tertiary alicyclic amines) is 1. The van der Waals surface area contributed by atoms with E-state index < -0.39 is 17.7 Å². The van der Waals surface area contributed by atoms with Crippen molar-refractivity contribution < 1.29 is 24.2 Å². The Morgan fingerprint density at radius 1 is 1.08 bits per heavy atom. The number of aromatic nitrogens is 1. The summed E-state index contributed by atoms with van der Waals surface area (Å²) in [6, 6.07) is 14.7. The highest BCUT2D eigenvalue weighted by Crippen LogP contribution is 2.42. The largest absolute Gasteiger partial charge is 0.507 e. The molecule has 1 N–H and O–H groups in total. The third-order valence-electron chi connectivity index (χ3n) is 5.90. The number of ether oxygens (including phenoxy) is 2. The number of pyridine rings is 1. The van der Waals surface area contributed by atoms with E-state index >= 15 is 0 Å². The van der Waals surface area contributed by atoms with Gasteiger partial charge in [0.05, 0.1) is 29.9 Å². The second-order valence-electron chi connectivity index (χ2n) is 9.14. The molecule has 1 amide bonds. The second kappa shape index (κ2) is 11.5. The first-order valence-electron chi connectivity index (χ1n) is 12.1. The van der Waals surface area contributed by atoms with E-state index in [1.807, 2.05) is 25.1 Å². The van der Waals surface area contributed by atoms with Gasteiger partial charge in [-0.3, -0.25) is 14.6 Å². The number of aliphatic hydroxyl groups is 1.